The fourth-order valence-corrected chi connectivity index (χ4v) is 3.73. The number of aromatic nitrogens is 3. The molecular weight excluding hydrogens is 410 g/mol. The molecule has 0 spiro atoms. The van der Waals surface area contributed by atoms with Gasteiger partial charge >= 0.3 is 0 Å². The van der Waals surface area contributed by atoms with Crippen LogP contribution in [0.2, 0.25) is 0 Å². The maximum absolute atomic E-state index is 8.93. The molecule has 1 saturated heterocycles. The van der Waals surface area contributed by atoms with Gasteiger partial charge in [-0.25, -0.2) is 9.50 Å². The van der Waals surface area contributed by atoms with Gasteiger partial charge in [0.05, 0.1) is 36.7 Å². The van der Waals surface area contributed by atoms with Crippen LogP contribution in [0.25, 0.3) is 22.6 Å². The average molecular weight is 431 g/mol. The number of ether oxygens (including phenoxy) is 1. The van der Waals surface area contributed by atoms with Crippen molar-refractivity contribution in [3.05, 3.63) is 95.8 Å². The molecule has 3 heterocycles. The third-order valence-electron chi connectivity index (χ3n) is 5.62. The van der Waals surface area contributed by atoms with Crippen LogP contribution in [0.1, 0.15) is 22.4 Å². The van der Waals surface area contributed by atoms with E-state index in [4.69, 9.17) is 15.1 Å². The highest BCUT2D eigenvalue weighted by Crippen LogP contribution is 2.23. The summed E-state index contributed by atoms with van der Waals surface area (Å²) in [7, 11) is 0. The summed E-state index contributed by atoms with van der Waals surface area (Å²) < 4.78 is 7.19. The second-order valence-electron chi connectivity index (χ2n) is 7.69. The fourth-order valence-electron chi connectivity index (χ4n) is 3.73. The predicted molar refractivity (Wildman–Crippen MR) is 127 cm³/mol. The Morgan fingerprint density at radius 1 is 0.909 bits per heavy atom. The zero-order valence-electron chi connectivity index (χ0n) is 18.0. The van der Waals surface area contributed by atoms with Crippen molar-refractivity contribution in [3.8, 4) is 29.2 Å². The maximum atomic E-state index is 8.93. The van der Waals surface area contributed by atoms with Gasteiger partial charge in [-0.15, -0.1) is 0 Å². The Hall–Kier alpha value is -4.39. The van der Waals surface area contributed by atoms with Gasteiger partial charge in [0, 0.05) is 29.9 Å². The van der Waals surface area contributed by atoms with Crippen molar-refractivity contribution in [2.24, 2.45) is 0 Å². The molecule has 160 valence electrons. The number of morpholine rings is 1. The van der Waals surface area contributed by atoms with Crippen LogP contribution in [-0.2, 0) is 4.74 Å². The van der Waals surface area contributed by atoms with Crippen molar-refractivity contribution in [3.63, 3.8) is 0 Å². The van der Waals surface area contributed by atoms with Gasteiger partial charge in [-0.3, -0.25) is 0 Å². The fraction of sp³-hybridized carbons (Fsp3) is 0.148. The van der Waals surface area contributed by atoms with E-state index in [0.29, 0.717) is 11.3 Å². The Labute approximate surface area is 192 Å². The minimum absolute atomic E-state index is 0.612. The second kappa shape index (κ2) is 9.00. The van der Waals surface area contributed by atoms with Crippen molar-refractivity contribution < 1.29 is 4.74 Å². The number of benzene rings is 2. The van der Waals surface area contributed by atoms with Gasteiger partial charge in [0.15, 0.2) is 5.65 Å². The minimum Gasteiger partial charge on any atom is -0.378 e. The zero-order valence-corrected chi connectivity index (χ0v) is 18.0. The van der Waals surface area contributed by atoms with Gasteiger partial charge in [-0.05, 0) is 47.9 Å². The van der Waals surface area contributed by atoms with Gasteiger partial charge in [0.1, 0.15) is 5.69 Å². The SMILES string of the molecule is C=C(c1ccc(-c2ccc3ncc(C#Cc4ccc(C#N)cc4)n3n2)cc1)N1CCOCC1. The molecule has 0 amide bonds. The predicted octanol–water partition coefficient (Wildman–Crippen LogP) is 3.97. The third kappa shape index (κ3) is 4.34. The highest BCUT2D eigenvalue weighted by atomic mass is 16.5. The monoisotopic (exact) mass is 431 g/mol. The van der Waals surface area contributed by atoms with E-state index in [1.54, 1.807) is 22.8 Å². The minimum atomic E-state index is 0.612. The van der Waals surface area contributed by atoms with E-state index in [2.05, 4.69) is 58.6 Å². The maximum Gasteiger partial charge on any atom is 0.154 e. The number of nitrogens with zero attached hydrogens (tertiary/aromatic N) is 5. The summed E-state index contributed by atoms with van der Waals surface area (Å²) >= 11 is 0. The number of rotatable bonds is 3. The Morgan fingerprint density at radius 3 is 2.36 bits per heavy atom. The van der Waals surface area contributed by atoms with Crippen LogP contribution in [0.15, 0.2) is 73.4 Å². The van der Waals surface area contributed by atoms with E-state index in [0.717, 1.165) is 60.0 Å². The van der Waals surface area contributed by atoms with Crippen LogP contribution in [0, 0.1) is 23.2 Å². The molecule has 5 rings (SSSR count). The Balaban J connectivity index is 1.40. The van der Waals surface area contributed by atoms with Crippen molar-refractivity contribution in [1.29, 1.82) is 5.26 Å². The van der Waals surface area contributed by atoms with Gasteiger partial charge in [0.2, 0.25) is 0 Å². The molecular formula is C27H21N5O. The van der Waals surface area contributed by atoms with E-state index < -0.39 is 0 Å². The van der Waals surface area contributed by atoms with E-state index in [-0.39, 0.29) is 0 Å². The van der Waals surface area contributed by atoms with Gasteiger partial charge in [-0.1, -0.05) is 36.8 Å². The van der Waals surface area contributed by atoms with E-state index in [1.165, 1.54) is 0 Å². The molecule has 0 radical (unpaired) electrons. The van der Waals surface area contributed by atoms with Crippen molar-refractivity contribution in [2.75, 3.05) is 26.3 Å². The first-order chi connectivity index (χ1) is 16.2. The third-order valence-corrected chi connectivity index (χ3v) is 5.62. The summed E-state index contributed by atoms with van der Waals surface area (Å²) in [6.07, 6.45) is 1.72. The van der Waals surface area contributed by atoms with Crippen LogP contribution in [0.4, 0.5) is 0 Å². The van der Waals surface area contributed by atoms with Crippen LogP contribution < -0.4 is 0 Å². The molecule has 0 saturated carbocycles. The Morgan fingerprint density at radius 2 is 1.64 bits per heavy atom. The summed E-state index contributed by atoms with van der Waals surface area (Å²) in [6, 6.07) is 21.5. The lowest BCUT2D eigenvalue weighted by molar-refractivity contribution is 0.0641. The van der Waals surface area contributed by atoms with Crippen molar-refractivity contribution in [2.45, 2.75) is 0 Å². The molecule has 33 heavy (non-hydrogen) atoms. The van der Waals surface area contributed by atoms with Gasteiger partial charge in [0.25, 0.3) is 0 Å². The topological polar surface area (TPSA) is 66.5 Å². The zero-order chi connectivity index (χ0) is 22.6. The van der Waals surface area contributed by atoms with Crippen LogP contribution in [-0.4, -0.2) is 45.8 Å². The van der Waals surface area contributed by atoms with E-state index >= 15 is 0 Å². The standard InChI is InChI=1S/C27H21N5O/c1-20(31-14-16-33-17-15-31)23-7-9-24(10-8-23)26-12-13-27-29-19-25(32(27)30-26)11-6-21-2-4-22(18-28)5-3-21/h2-5,7-10,12-13,19H,1,14-17H2. The average Bonchev–Trinajstić information content (AvgIpc) is 3.30. The first kappa shape index (κ1) is 20.5. The van der Waals surface area contributed by atoms with Crippen LogP contribution in [0.3, 0.4) is 0 Å². The molecule has 0 unspecified atom stereocenters. The molecule has 1 fully saturated rings. The quantitative estimate of drug-likeness (QED) is 0.459. The smallest absolute Gasteiger partial charge is 0.154 e. The van der Waals surface area contributed by atoms with Gasteiger partial charge in [-0.2, -0.15) is 10.4 Å². The van der Waals surface area contributed by atoms with Crippen molar-refractivity contribution >= 4 is 11.3 Å². The molecule has 1 aliphatic heterocycles. The van der Waals surface area contributed by atoms with Crippen molar-refractivity contribution in [1.82, 2.24) is 19.5 Å². The number of nitriles is 1. The summed E-state index contributed by atoms with van der Waals surface area (Å²) in [5.74, 6) is 6.26. The van der Waals surface area contributed by atoms with Crippen LogP contribution in [0.5, 0.6) is 0 Å². The molecule has 0 atom stereocenters. The normalized spacial score (nSPS) is 13.2. The summed E-state index contributed by atoms with van der Waals surface area (Å²) in [4.78, 5) is 6.67. The van der Waals surface area contributed by atoms with E-state index in [9.17, 15) is 0 Å². The second-order valence-corrected chi connectivity index (χ2v) is 7.69. The highest BCUT2D eigenvalue weighted by Gasteiger charge is 2.14. The summed E-state index contributed by atoms with van der Waals surface area (Å²) in [5.41, 5.74) is 6.84. The molecule has 4 aromatic rings. The first-order valence-corrected chi connectivity index (χ1v) is 10.7. The molecule has 1 aliphatic rings. The molecule has 0 aliphatic carbocycles. The number of fused-ring (bicyclic) bond motifs is 1. The molecule has 0 N–H and O–H groups in total. The Bertz CT molecular complexity index is 1410. The van der Waals surface area contributed by atoms with E-state index in [1.807, 2.05) is 24.3 Å². The molecule has 2 aromatic carbocycles. The lowest BCUT2D eigenvalue weighted by Gasteiger charge is -2.30. The van der Waals surface area contributed by atoms with Crippen LogP contribution >= 0.6 is 0 Å². The molecule has 2 aromatic heterocycles. The lowest BCUT2D eigenvalue weighted by atomic mass is 10.1. The summed E-state index contributed by atoms with van der Waals surface area (Å²) in [5, 5.41) is 13.7. The molecule has 6 heteroatoms. The molecule has 0 bridgehead atoms. The van der Waals surface area contributed by atoms with Gasteiger partial charge < -0.3 is 9.64 Å². The highest BCUT2D eigenvalue weighted by molar-refractivity contribution is 5.67. The number of imidazole rings is 1. The first-order valence-electron chi connectivity index (χ1n) is 10.7. The number of hydrogen-bond acceptors (Lipinski definition) is 5. The Kier molecular flexibility index (Phi) is 5.59. The number of hydrogen-bond donors (Lipinski definition) is 0. The summed E-state index contributed by atoms with van der Waals surface area (Å²) in [6.45, 7) is 7.47. The molecule has 6 nitrogen and oxygen atoms in total. The largest absolute Gasteiger partial charge is 0.378 e. The lowest BCUT2D eigenvalue weighted by Crippen LogP contribution is -2.34.